The van der Waals surface area contributed by atoms with Crippen LogP contribution in [-0.4, -0.2) is 23.0 Å². The average Bonchev–Trinajstić information content (AvgIpc) is 3.01. The van der Waals surface area contributed by atoms with Crippen LogP contribution < -0.4 is 5.32 Å². The molecule has 2 aliphatic carbocycles. The topological polar surface area (TPSA) is 66.4 Å². The molecule has 0 radical (unpaired) electrons. The van der Waals surface area contributed by atoms with Gasteiger partial charge in [-0.1, -0.05) is 32.1 Å². The minimum Gasteiger partial charge on any atom is -0.481 e. The van der Waals surface area contributed by atoms with Crippen LogP contribution >= 0.6 is 0 Å². The lowest BCUT2D eigenvalue weighted by Gasteiger charge is -2.21. The first-order valence-corrected chi connectivity index (χ1v) is 6.71. The first-order valence-electron chi connectivity index (χ1n) is 6.71. The number of nitrogens with one attached hydrogen (secondary N) is 1. The third-order valence-corrected chi connectivity index (χ3v) is 3.90. The summed E-state index contributed by atoms with van der Waals surface area (Å²) in [6.45, 7) is 0. The van der Waals surface area contributed by atoms with E-state index in [4.69, 9.17) is 5.11 Å². The molecule has 0 bridgehead atoms. The van der Waals surface area contributed by atoms with Crippen molar-refractivity contribution in [1.29, 1.82) is 0 Å². The number of carboxylic acid groups (broad SMARTS) is 1. The van der Waals surface area contributed by atoms with E-state index >= 15 is 0 Å². The summed E-state index contributed by atoms with van der Waals surface area (Å²) in [5, 5.41) is 11.8. The number of hydrogen-bond acceptors (Lipinski definition) is 2. The van der Waals surface area contributed by atoms with Crippen molar-refractivity contribution in [3.8, 4) is 0 Å². The van der Waals surface area contributed by atoms with Gasteiger partial charge in [0.1, 0.15) is 0 Å². The molecular formula is C13H21NO3. The van der Waals surface area contributed by atoms with E-state index in [-0.39, 0.29) is 17.9 Å². The van der Waals surface area contributed by atoms with Gasteiger partial charge >= 0.3 is 5.97 Å². The Bertz CT molecular complexity index is 295. The first-order chi connectivity index (χ1) is 8.18. The molecule has 2 fully saturated rings. The SMILES string of the molecule is O=C(NC1CCCCCCC1)[C@H]1C[C@H]1C(=O)O. The number of rotatable bonds is 3. The van der Waals surface area contributed by atoms with Gasteiger partial charge in [-0.25, -0.2) is 0 Å². The summed E-state index contributed by atoms with van der Waals surface area (Å²) >= 11 is 0. The van der Waals surface area contributed by atoms with E-state index in [9.17, 15) is 9.59 Å². The predicted molar refractivity (Wildman–Crippen MR) is 63.5 cm³/mol. The number of hydrogen-bond donors (Lipinski definition) is 2. The Morgan fingerprint density at radius 1 is 0.941 bits per heavy atom. The molecule has 2 N–H and O–H groups in total. The van der Waals surface area contributed by atoms with Crippen molar-refractivity contribution in [2.24, 2.45) is 11.8 Å². The van der Waals surface area contributed by atoms with Gasteiger partial charge in [0.2, 0.25) is 5.91 Å². The maximum absolute atomic E-state index is 11.8. The molecule has 0 aliphatic heterocycles. The Hall–Kier alpha value is -1.06. The van der Waals surface area contributed by atoms with E-state index in [0.717, 1.165) is 12.8 Å². The normalized spacial score (nSPS) is 30.1. The maximum atomic E-state index is 11.8. The minimum atomic E-state index is -0.831. The van der Waals surface area contributed by atoms with Crippen molar-refractivity contribution in [3.05, 3.63) is 0 Å². The lowest BCUT2D eigenvalue weighted by atomic mass is 9.96. The van der Waals surface area contributed by atoms with Crippen LogP contribution in [0.4, 0.5) is 0 Å². The summed E-state index contributed by atoms with van der Waals surface area (Å²) in [6, 6.07) is 0.276. The lowest BCUT2D eigenvalue weighted by molar-refractivity contribution is -0.140. The summed E-state index contributed by atoms with van der Waals surface area (Å²) in [6.07, 6.45) is 8.81. The smallest absolute Gasteiger partial charge is 0.307 e. The van der Waals surface area contributed by atoms with Gasteiger partial charge in [0, 0.05) is 6.04 Å². The zero-order valence-electron chi connectivity index (χ0n) is 10.2. The van der Waals surface area contributed by atoms with Crippen LogP contribution in [0, 0.1) is 11.8 Å². The van der Waals surface area contributed by atoms with Crippen LogP contribution in [-0.2, 0) is 9.59 Å². The van der Waals surface area contributed by atoms with Gasteiger partial charge in [0.05, 0.1) is 11.8 Å². The fourth-order valence-electron chi connectivity index (χ4n) is 2.67. The Morgan fingerprint density at radius 3 is 2.06 bits per heavy atom. The highest BCUT2D eigenvalue weighted by Gasteiger charge is 2.48. The molecule has 4 heteroatoms. The molecule has 0 aromatic carbocycles. The molecule has 0 spiro atoms. The van der Waals surface area contributed by atoms with Crippen LogP contribution in [0.3, 0.4) is 0 Å². The lowest BCUT2D eigenvalue weighted by Crippen LogP contribution is -2.36. The molecule has 2 saturated carbocycles. The molecule has 96 valence electrons. The summed E-state index contributed by atoms with van der Waals surface area (Å²) in [5.74, 6) is -1.56. The number of carbonyl (C=O) groups excluding carboxylic acids is 1. The van der Waals surface area contributed by atoms with Crippen molar-refractivity contribution in [2.75, 3.05) is 0 Å². The quantitative estimate of drug-likeness (QED) is 0.791. The van der Waals surface area contributed by atoms with Crippen molar-refractivity contribution < 1.29 is 14.7 Å². The standard InChI is InChI=1S/C13H21NO3/c15-12(10-8-11(10)13(16)17)14-9-6-4-2-1-3-5-7-9/h9-11H,1-8H2,(H,14,15)(H,16,17)/t10-,11+/m0/s1. The van der Waals surface area contributed by atoms with Crippen LogP contribution in [0.1, 0.15) is 51.4 Å². The van der Waals surface area contributed by atoms with Crippen molar-refractivity contribution in [1.82, 2.24) is 5.32 Å². The van der Waals surface area contributed by atoms with Crippen molar-refractivity contribution >= 4 is 11.9 Å². The van der Waals surface area contributed by atoms with E-state index in [1.165, 1.54) is 32.1 Å². The molecule has 4 nitrogen and oxygen atoms in total. The fraction of sp³-hybridized carbons (Fsp3) is 0.846. The Morgan fingerprint density at radius 2 is 1.53 bits per heavy atom. The molecule has 17 heavy (non-hydrogen) atoms. The van der Waals surface area contributed by atoms with E-state index in [2.05, 4.69) is 5.32 Å². The second-order valence-corrected chi connectivity index (χ2v) is 5.34. The Labute approximate surface area is 102 Å². The van der Waals surface area contributed by atoms with Gasteiger partial charge in [-0.2, -0.15) is 0 Å². The summed E-state index contributed by atoms with van der Waals surface area (Å²) in [5.41, 5.74) is 0. The summed E-state index contributed by atoms with van der Waals surface area (Å²) in [7, 11) is 0. The maximum Gasteiger partial charge on any atom is 0.307 e. The van der Waals surface area contributed by atoms with E-state index in [0.29, 0.717) is 6.42 Å². The fourth-order valence-corrected chi connectivity index (χ4v) is 2.67. The Kier molecular flexibility index (Phi) is 4.02. The monoisotopic (exact) mass is 239 g/mol. The van der Waals surface area contributed by atoms with Gasteiger partial charge in [-0.15, -0.1) is 0 Å². The van der Waals surface area contributed by atoms with Gasteiger partial charge in [0.25, 0.3) is 0 Å². The first kappa shape index (κ1) is 12.4. The largest absolute Gasteiger partial charge is 0.481 e. The third kappa shape index (κ3) is 3.45. The molecule has 0 unspecified atom stereocenters. The van der Waals surface area contributed by atoms with E-state index in [1.807, 2.05) is 0 Å². The van der Waals surface area contributed by atoms with Crippen LogP contribution in [0.15, 0.2) is 0 Å². The van der Waals surface area contributed by atoms with Gasteiger partial charge in [-0.05, 0) is 19.3 Å². The van der Waals surface area contributed by atoms with Gasteiger partial charge in [0.15, 0.2) is 0 Å². The minimum absolute atomic E-state index is 0.0389. The average molecular weight is 239 g/mol. The van der Waals surface area contributed by atoms with Crippen molar-refractivity contribution in [2.45, 2.75) is 57.4 Å². The Balaban J connectivity index is 1.75. The number of aliphatic carboxylic acids is 1. The molecule has 2 atom stereocenters. The van der Waals surface area contributed by atoms with Gasteiger partial charge < -0.3 is 10.4 Å². The third-order valence-electron chi connectivity index (χ3n) is 3.90. The number of carbonyl (C=O) groups is 2. The van der Waals surface area contributed by atoms with E-state index in [1.54, 1.807) is 0 Å². The molecule has 0 heterocycles. The zero-order chi connectivity index (χ0) is 12.3. The summed E-state index contributed by atoms with van der Waals surface area (Å²) < 4.78 is 0. The molecule has 2 aliphatic rings. The molecule has 0 saturated heterocycles. The molecule has 0 aromatic rings. The molecule has 1 amide bonds. The number of carboxylic acids is 1. The van der Waals surface area contributed by atoms with Crippen LogP contribution in [0.25, 0.3) is 0 Å². The summed E-state index contributed by atoms with van der Waals surface area (Å²) in [4.78, 5) is 22.5. The second-order valence-electron chi connectivity index (χ2n) is 5.34. The zero-order valence-corrected chi connectivity index (χ0v) is 10.2. The molecule has 2 rings (SSSR count). The van der Waals surface area contributed by atoms with Gasteiger partial charge in [-0.3, -0.25) is 9.59 Å². The highest BCUT2D eigenvalue weighted by Crippen LogP contribution is 2.38. The highest BCUT2D eigenvalue weighted by molar-refractivity contribution is 5.89. The van der Waals surface area contributed by atoms with Crippen LogP contribution in [0.5, 0.6) is 0 Å². The highest BCUT2D eigenvalue weighted by atomic mass is 16.4. The number of amides is 1. The predicted octanol–water partition coefficient (Wildman–Crippen LogP) is 1.94. The molecule has 0 aromatic heterocycles. The van der Waals surface area contributed by atoms with Crippen molar-refractivity contribution in [3.63, 3.8) is 0 Å². The van der Waals surface area contributed by atoms with E-state index < -0.39 is 11.9 Å². The molecular weight excluding hydrogens is 218 g/mol. The second kappa shape index (κ2) is 5.52. The van der Waals surface area contributed by atoms with Crippen LogP contribution in [0.2, 0.25) is 0 Å².